The second kappa shape index (κ2) is 5.90. The van der Waals surface area contributed by atoms with Crippen molar-refractivity contribution in [1.29, 1.82) is 0 Å². The standard InChI is InChI=1S/C14H23N3O3S/c1-14(18)7-4-9-17(10-8-14)13-6-5-12(11-15-13)21(19,20)16(2)3/h5-6,11,18H,4,7-10H2,1-3H3. The average molecular weight is 313 g/mol. The third kappa shape index (κ3) is 3.72. The SMILES string of the molecule is CN(C)S(=O)(=O)c1ccc(N2CCCC(C)(O)CC2)nc1. The van der Waals surface area contributed by atoms with Crippen molar-refractivity contribution >= 4 is 15.8 Å². The van der Waals surface area contributed by atoms with E-state index in [-0.39, 0.29) is 4.90 Å². The van der Waals surface area contributed by atoms with Crippen LogP contribution in [-0.4, -0.2) is 55.6 Å². The van der Waals surface area contributed by atoms with Crippen LogP contribution in [0.3, 0.4) is 0 Å². The number of pyridine rings is 1. The fraction of sp³-hybridized carbons (Fsp3) is 0.643. The van der Waals surface area contributed by atoms with Crippen LogP contribution in [0.5, 0.6) is 0 Å². The van der Waals surface area contributed by atoms with Gasteiger partial charge in [-0.2, -0.15) is 0 Å². The molecule has 0 aromatic carbocycles. The van der Waals surface area contributed by atoms with Crippen LogP contribution in [0.1, 0.15) is 26.2 Å². The fourth-order valence-corrected chi connectivity index (χ4v) is 3.26. The molecule has 1 aliphatic heterocycles. The maximum atomic E-state index is 12.0. The first kappa shape index (κ1) is 16.2. The van der Waals surface area contributed by atoms with E-state index in [9.17, 15) is 13.5 Å². The second-order valence-electron chi connectivity index (χ2n) is 5.98. The first-order chi connectivity index (χ1) is 9.72. The lowest BCUT2D eigenvalue weighted by Gasteiger charge is -2.23. The molecule has 1 aromatic heterocycles. The lowest BCUT2D eigenvalue weighted by atomic mass is 9.98. The van der Waals surface area contributed by atoms with Gasteiger partial charge >= 0.3 is 0 Å². The van der Waals surface area contributed by atoms with Gasteiger partial charge in [-0.15, -0.1) is 0 Å². The van der Waals surface area contributed by atoms with E-state index in [0.717, 1.165) is 31.7 Å². The monoisotopic (exact) mass is 313 g/mol. The van der Waals surface area contributed by atoms with Crippen LogP contribution in [0.25, 0.3) is 0 Å². The van der Waals surface area contributed by atoms with E-state index < -0.39 is 15.6 Å². The van der Waals surface area contributed by atoms with E-state index >= 15 is 0 Å². The van der Waals surface area contributed by atoms with Gasteiger partial charge in [-0.3, -0.25) is 0 Å². The molecule has 1 atom stereocenters. The highest BCUT2D eigenvalue weighted by molar-refractivity contribution is 7.89. The molecule has 1 fully saturated rings. The van der Waals surface area contributed by atoms with Crippen molar-refractivity contribution in [3.63, 3.8) is 0 Å². The van der Waals surface area contributed by atoms with Crippen molar-refractivity contribution in [3.8, 4) is 0 Å². The Labute approximate surface area is 126 Å². The third-order valence-corrected chi connectivity index (χ3v) is 5.69. The molecule has 0 amide bonds. The van der Waals surface area contributed by atoms with E-state index in [1.54, 1.807) is 12.1 Å². The molecule has 2 rings (SSSR count). The van der Waals surface area contributed by atoms with E-state index in [1.165, 1.54) is 24.6 Å². The summed E-state index contributed by atoms with van der Waals surface area (Å²) >= 11 is 0. The number of rotatable bonds is 3. The molecule has 1 aliphatic rings. The highest BCUT2D eigenvalue weighted by Gasteiger charge is 2.25. The summed E-state index contributed by atoms with van der Waals surface area (Å²) in [6.07, 6.45) is 3.75. The summed E-state index contributed by atoms with van der Waals surface area (Å²) in [4.78, 5) is 6.56. The molecule has 7 heteroatoms. The van der Waals surface area contributed by atoms with Gasteiger partial charge in [0.25, 0.3) is 0 Å². The molecule has 0 aliphatic carbocycles. The Morgan fingerprint density at radius 3 is 2.57 bits per heavy atom. The van der Waals surface area contributed by atoms with Crippen molar-refractivity contribution < 1.29 is 13.5 Å². The van der Waals surface area contributed by atoms with Crippen LogP contribution >= 0.6 is 0 Å². The van der Waals surface area contributed by atoms with Crippen molar-refractivity contribution in [1.82, 2.24) is 9.29 Å². The molecule has 0 radical (unpaired) electrons. The number of aliphatic hydroxyl groups is 1. The van der Waals surface area contributed by atoms with Crippen LogP contribution < -0.4 is 4.90 Å². The van der Waals surface area contributed by atoms with Crippen LogP contribution in [0.15, 0.2) is 23.2 Å². The smallest absolute Gasteiger partial charge is 0.244 e. The number of hydrogen-bond acceptors (Lipinski definition) is 5. The first-order valence-electron chi connectivity index (χ1n) is 7.08. The molecule has 0 bridgehead atoms. The van der Waals surface area contributed by atoms with Crippen molar-refractivity contribution in [3.05, 3.63) is 18.3 Å². The summed E-state index contributed by atoms with van der Waals surface area (Å²) in [6.45, 7) is 3.40. The van der Waals surface area contributed by atoms with E-state index in [4.69, 9.17) is 0 Å². The molecule has 118 valence electrons. The number of aromatic nitrogens is 1. The van der Waals surface area contributed by atoms with E-state index in [1.807, 2.05) is 6.92 Å². The molecule has 6 nitrogen and oxygen atoms in total. The van der Waals surface area contributed by atoms with Gasteiger partial charge in [0.15, 0.2) is 0 Å². The van der Waals surface area contributed by atoms with Gasteiger partial charge in [-0.05, 0) is 38.3 Å². The Morgan fingerprint density at radius 1 is 1.29 bits per heavy atom. The number of nitrogens with zero attached hydrogens (tertiary/aromatic N) is 3. The van der Waals surface area contributed by atoms with Crippen molar-refractivity contribution in [2.24, 2.45) is 0 Å². The minimum atomic E-state index is -3.44. The maximum Gasteiger partial charge on any atom is 0.244 e. The molecule has 21 heavy (non-hydrogen) atoms. The topological polar surface area (TPSA) is 73.7 Å². The highest BCUT2D eigenvalue weighted by atomic mass is 32.2. The van der Waals surface area contributed by atoms with Crippen LogP contribution in [0, 0.1) is 0 Å². The summed E-state index contributed by atoms with van der Waals surface area (Å²) in [7, 11) is -0.438. The average Bonchev–Trinajstić information content (AvgIpc) is 2.60. The predicted molar refractivity (Wildman–Crippen MR) is 81.8 cm³/mol. The molecule has 1 saturated heterocycles. The number of anilines is 1. The lowest BCUT2D eigenvalue weighted by molar-refractivity contribution is 0.0481. The van der Waals surface area contributed by atoms with Gasteiger partial charge in [0.05, 0.1) is 5.60 Å². The zero-order valence-electron chi connectivity index (χ0n) is 12.8. The van der Waals surface area contributed by atoms with E-state index in [2.05, 4.69) is 9.88 Å². The molecule has 2 heterocycles. The Bertz CT molecular complexity index is 582. The van der Waals surface area contributed by atoms with Gasteiger partial charge in [-0.25, -0.2) is 17.7 Å². The summed E-state index contributed by atoms with van der Waals surface area (Å²) < 4.78 is 25.2. The van der Waals surface area contributed by atoms with Gasteiger partial charge in [0.2, 0.25) is 10.0 Å². The highest BCUT2D eigenvalue weighted by Crippen LogP contribution is 2.24. The van der Waals surface area contributed by atoms with Gasteiger partial charge in [0.1, 0.15) is 10.7 Å². The normalized spacial score (nSPS) is 24.1. The Kier molecular flexibility index (Phi) is 4.55. The Balaban J connectivity index is 2.16. The predicted octanol–water partition coefficient (Wildman–Crippen LogP) is 1.07. The second-order valence-corrected chi connectivity index (χ2v) is 8.13. The summed E-state index contributed by atoms with van der Waals surface area (Å²) in [5, 5.41) is 10.1. The van der Waals surface area contributed by atoms with Crippen molar-refractivity contribution in [2.75, 3.05) is 32.1 Å². The molecule has 1 N–H and O–H groups in total. The Hall–Kier alpha value is -1.18. The van der Waals surface area contributed by atoms with Crippen LogP contribution in [0.2, 0.25) is 0 Å². The molecular weight excluding hydrogens is 290 g/mol. The maximum absolute atomic E-state index is 12.0. The summed E-state index contributed by atoms with van der Waals surface area (Å²) in [5.41, 5.74) is -0.622. The molecule has 0 spiro atoms. The Morgan fingerprint density at radius 2 is 2.00 bits per heavy atom. The van der Waals surface area contributed by atoms with Gasteiger partial charge in [0, 0.05) is 33.4 Å². The summed E-state index contributed by atoms with van der Waals surface area (Å²) in [5.74, 6) is 0.755. The van der Waals surface area contributed by atoms with Crippen molar-refractivity contribution in [2.45, 2.75) is 36.7 Å². The molecule has 1 unspecified atom stereocenters. The quantitative estimate of drug-likeness (QED) is 0.904. The van der Waals surface area contributed by atoms with Crippen LogP contribution in [-0.2, 0) is 10.0 Å². The number of hydrogen-bond donors (Lipinski definition) is 1. The molecule has 0 saturated carbocycles. The van der Waals surface area contributed by atoms with Gasteiger partial charge in [-0.1, -0.05) is 0 Å². The van der Waals surface area contributed by atoms with Gasteiger partial charge < -0.3 is 10.0 Å². The zero-order valence-corrected chi connectivity index (χ0v) is 13.6. The largest absolute Gasteiger partial charge is 0.390 e. The minimum absolute atomic E-state index is 0.193. The summed E-state index contributed by atoms with van der Waals surface area (Å²) in [6, 6.07) is 3.32. The zero-order chi connectivity index (χ0) is 15.7. The minimum Gasteiger partial charge on any atom is -0.390 e. The molecular formula is C14H23N3O3S. The number of sulfonamides is 1. The van der Waals surface area contributed by atoms with E-state index in [0.29, 0.717) is 6.42 Å². The third-order valence-electron chi connectivity index (χ3n) is 3.89. The lowest BCUT2D eigenvalue weighted by Crippen LogP contribution is -2.29. The fourth-order valence-electron chi connectivity index (χ4n) is 2.42. The first-order valence-corrected chi connectivity index (χ1v) is 8.52. The van der Waals surface area contributed by atoms with Crippen LogP contribution in [0.4, 0.5) is 5.82 Å². The molecule has 1 aromatic rings.